The van der Waals surface area contributed by atoms with Crippen molar-refractivity contribution in [3.8, 4) is 0 Å². The van der Waals surface area contributed by atoms with E-state index in [0.29, 0.717) is 13.0 Å². The van der Waals surface area contributed by atoms with Crippen LogP contribution in [0.2, 0.25) is 5.28 Å². The Balaban J connectivity index is 2.59. The first-order chi connectivity index (χ1) is 8.90. The Hall–Kier alpha value is -2.16. The molecule has 1 amide bonds. The van der Waals surface area contributed by atoms with Gasteiger partial charge in [0.15, 0.2) is 0 Å². The van der Waals surface area contributed by atoms with Gasteiger partial charge in [0.05, 0.1) is 4.92 Å². The quantitative estimate of drug-likeness (QED) is 0.458. The van der Waals surface area contributed by atoms with E-state index >= 15 is 0 Å². The van der Waals surface area contributed by atoms with Crippen LogP contribution in [0.15, 0.2) is 6.20 Å². The zero-order chi connectivity index (χ0) is 14.4. The second-order valence-corrected chi connectivity index (χ2v) is 3.93. The van der Waals surface area contributed by atoms with Crippen molar-refractivity contribution in [3.63, 3.8) is 0 Å². The standard InChI is InChI=1S/C9H12ClN5O4/c1-5(19-9(11)16)2-3-12-7-6(15(17)18)4-13-8(10)14-7/h4-5H,2-3H2,1H3,(H2,11,16)(H,12,13,14). The third-order valence-electron chi connectivity index (χ3n) is 2.10. The summed E-state index contributed by atoms with van der Waals surface area (Å²) in [4.78, 5) is 27.8. The van der Waals surface area contributed by atoms with Crippen LogP contribution in [-0.2, 0) is 4.74 Å². The predicted octanol–water partition coefficient (Wildman–Crippen LogP) is 1.32. The number of anilines is 1. The second-order valence-electron chi connectivity index (χ2n) is 3.59. The lowest BCUT2D eigenvalue weighted by molar-refractivity contribution is -0.384. The van der Waals surface area contributed by atoms with Crippen LogP contribution in [0, 0.1) is 10.1 Å². The van der Waals surface area contributed by atoms with Gasteiger partial charge in [-0.1, -0.05) is 0 Å². The molecule has 104 valence electrons. The fraction of sp³-hybridized carbons (Fsp3) is 0.444. The lowest BCUT2D eigenvalue weighted by Gasteiger charge is -2.11. The molecule has 0 aromatic carbocycles. The molecule has 10 heteroatoms. The number of primary amides is 1. The highest BCUT2D eigenvalue weighted by molar-refractivity contribution is 6.28. The maximum Gasteiger partial charge on any atom is 0.404 e. The molecule has 3 N–H and O–H groups in total. The molecule has 0 fully saturated rings. The van der Waals surface area contributed by atoms with Crippen molar-refractivity contribution in [2.75, 3.05) is 11.9 Å². The van der Waals surface area contributed by atoms with E-state index in [1.807, 2.05) is 0 Å². The summed E-state index contributed by atoms with van der Waals surface area (Å²) >= 11 is 5.56. The summed E-state index contributed by atoms with van der Waals surface area (Å²) in [7, 11) is 0. The van der Waals surface area contributed by atoms with Crippen LogP contribution in [0.4, 0.5) is 16.3 Å². The second kappa shape index (κ2) is 6.69. The molecule has 1 aromatic heterocycles. The van der Waals surface area contributed by atoms with E-state index in [1.165, 1.54) is 0 Å². The molecule has 19 heavy (non-hydrogen) atoms. The number of carbonyl (C=O) groups excluding carboxylic acids is 1. The van der Waals surface area contributed by atoms with Gasteiger partial charge in [-0.3, -0.25) is 10.1 Å². The van der Waals surface area contributed by atoms with E-state index < -0.39 is 17.1 Å². The van der Waals surface area contributed by atoms with E-state index in [0.717, 1.165) is 6.20 Å². The Morgan fingerprint density at radius 3 is 3.00 bits per heavy atom. The average Bonchev–Trinajstić information content (AvgIpc) is 2.27. The molecule has 0 spiro atoms. The number of aromatic nitrogens is 2. The fourth-order valence-electron chi connectivity index (χ4n) is 1.27. The van der Waals surface area contributed by atoms with E-state index in [4.69, 9.17) is 22.1 Å². The number of hydrogen-bond acceptors (Lipinski definition) is 7. The summed E-state index contributed by atoms with van der Waals surface area (Å²) in [5, 5.41) is 13.4. The van der Waals surface area contributed by atoms with Gasteiger partial charge >= 0.3 is 11.8 Å². The van der Waals surface area contributed by atoms with Crippen molar-refractivity contribution in [2.24, 2.45) is 5.73 Å². The molecule has 0 aliphatic carbocycles. The first-order valence-corrected chi connectivity index (χ1v) is 5.65. The Kier molecular flexibility index (Phi) is 5.24. The first kappa shape index (κ1) is 14.9. The maximum atomic E-state index is 10.7. The largest absolute Gasteiger partial charge is 0.447 e. The van der Waals surface area contributed by atoms with Gasteiger partial charge in [0.25, 0.3) is 0 Å². The summed E-state index contributed by atoms with van der Waals surface area (Å²) in [6, 6.07) is 0. The zero-order valence-corrected chi connectivity index (χ0v) is 10.8. The Morgan fingerprint density at radius 2 is 2.42 bits per heavy atom. The number of hydrogen-bond donors (Lipinski definition) is 2. The Bertz CT molecular complexity index is 484. The van der Waals surface area contributed by atoms with Crippen LogP contribution in [0.3, 0.4) is 0 Å². The van der Waals surface area contributed by atoms with Crippen LogP contribution >= 0.6 is 11.6 Å². The zero-order valence-electron chi connectivity index (χ0n) is 10.00. The molecule has 0 aliphatic rings. The molecule has 1 rings (SSSR count). The molecule has 0 aliphatic heterocycles. The molecule has 9 nitrogen and oxygen atoms in total. The van der Waals surface area contributed by atoms with Crippen molar-refractivity contribution in [1.29, 1.82) is 0 Å². The van der Waals surface area contributed by atoms with Crippen LogP contribution in [-0.4, -0.2) is 33.6 Å². The highest BCUT2D eigenvalue weighted by Crippen LogP contribution is 2.21. The number of nitrogens with one attached hydrogen (secondary N) is 1. The molecule has 1 unspecified atom stereocenters. The molecule has 0 radical (unpaired) electrons. The van der Waals surface area contributed by atoms with Crippen molar-refractivity contribution in [1.82, 2.24) is 9.97 Å². The van der Waals surface area contributed by atoms with Crippen LogP contribution in [0.5, 0.6) is 0 Å². The van der Waals surface area contributed by atoms with Gasteiger partial charge < -0.3 is 15.8 Å². The molecule has 1 aromatic rings. The minimum Gasteiger partial charge on any atom is -0.447 e. The minimum atomic E-state index is -0.872. The predicted molar refractivity (Wildman–Crippen MR) is 66.9 cm³/mol. The topological polar surface area (TPSA) is 133 Å². The summed E-state index contributed by atoms with van der Waals surface area (Å²) in [6.45, 7) is 1.94. The van der Waals surface area contributed by atoms with E-state index in [1.54, 1.807) is 6.92 Å². The van der Waals surface area contributed by atoms with Gasteiger partial charge in [-0.25, -0.2) is 9.78 Å². The third-order valence-corrected chi connectivity index (χ3v) is 2.28. The van der Waals surface area contributed by atoms with Crippen LogP contribution < -0.4 is 11.1 Å². The third kappa shape index (κ3) is 4.92. The molecule has 0 saturated heterocycles. The summed E-state index contributed by atoms with van der Waals surface area (Å²) in [5.41, 5.74) is 4.57. The number of ether oxygens (including phenoxy) is 1. The highest BCUT2D eigenvalue weighted by Gasteiger charge is 2.16. The molecule has 1 heterocycles. The van der Waals surface area contributed by atoms with Crippen molar-refractivity contribution in [3.05, 3.63) is 21.6 Å². The number of amides is 1. The van der Waals surface area contributed by atoms with E-state index in [-0.39, 0.29) is 16.8 Å². The number of carbonyl (C=O) groups is 1. The van der Waals surface area contributed by atoms with Gasteiger partial charge in [0.2, 0.25) is 11.1 Å². The number of nitro groups is 1. The minimum absolute atomic E-state index is 0.0104. The van der Waals surface area contributed by atoms with E-state index in [2.05, 4.69) is 15.3 Å². The number of halogens is 1. The lowest BCUT2D eigenvalue weighted by atomic mass is 10.3. The number of nitrogens with two attached hydrogens (primary N) is 1. The monoisotopic (exact) mass is 289 g/mol. The van der Waals surface area contributed by atoms with Gasteiger partial charge in [-0.15, -0.1) is 0 Å². The van der Waals surface area contributed by atoms with Gasteiger partial charge in [0.1, 0.15) is 12.3 Å². The van der Waals surface area contributed by atoms with Crippen LogP contribution in [0.1, 0.15) is 13.3 Å². The van der Waals surface area contributed by atoms with Crippen LogP contribution in [0.25, 0.3) is 0 Å². The first-order valence-electron chi connectivity index (χ1n) is 5.27. The molecular formula is C9H12ClN5O4. The number of rotatable bonds is 6. The fourth-order valence-corrected chi connectivity index (χ4v) is 1.40. The van der Waals surface area contributed by atoms with Gasteiger partial charge in [-0.2, -0.15) is 4.98 Å². The molecule has 0 bridgehead atoms. The maximum absolute atomic E-state index is 10.7. The Morgan fingerprint density at radius 1 is 1.74 bits per heavy atom. The summed E-state index contributed by atoms with van der Waals surface area (Å²) < 4.78 is 4.70. The SMILES string of the molecule is CC(CCNc1nc(Cl)ncc1[N+](=O)[O-])OC(N)=O. The normalized spacial score (nSPS) is 11.7. The summed E-state index contributed by atoms with van der Waals surface area (Å²) in [5.74, 6) is 0.0104. The van der Waals surface area contributed by atoms with Crippen molar-refractivity contribution < 1.29 is 14.5 Å². The lowest BCUT2D eigenvalue weighted by Crippen LogP contribution is -2.22. The number of nitrogens with zero attached hydrogens (tertiary/aromatic N) is 3. The van der Waals surface area contributed by atoms with Gasteiger partial charge in [0, 0.05) is 13.0 Å². The highest BCUT2D eigenvalue weighted by atomic mass is 35.5. The van der Waals surface area contributed by atoms with Crippen molar-refractivity contribution >= 4 is 29.2 Å². The van der Waals surface area contributed by atoms with Gasteiger partial charge in [-0.05, 0) is 18.5 Å². The molecular weight excluding hydrogens is 278 g/mol. The van der Waals surface area contributed by atoms with E-state index in [9.17, 15) is 14.9 Å². The molecule has 1 atom stereocenters. The van der Waals surface area contributed by atoms with Crippen molar-refractivity contribution in [2.45, 2.75) is 19.4 Å². The average molecular weight is 290 g/mol. The smallest absolute Gasteiger partial charge is 0.404 e. The molecule has 0 saturated carbocycles. The Labute approximate surface area is 113 Å². The summed E-state index contributed by atoms with van der Waals surface area (Å²) in [6.07, 6.45) is 0.132.